The predicted octanol–water partition coefficient (Wildman–Crippen LogP) is 5.87. The minimum absolute atomic E-state index is 0.282. The Hall–Kier alpha value is -0.840. The van der Waals surface area contributed by atoms with Crippen LogP contribution in [-0.4, -0.2) is 49.5 Å². The van der Waals surface area contributed by atoms with Gasteiger partial charge in [0.2, 0.25) is 0 Å². The molecule has 33 heavy (non-hydrogen) atoms. The number of rotatable bonds is 5. The highest BCUT2D eigenvalue weighted by molar-refractivity contribution is 5.25. The molecule has 5 unspecified atom stereocenters. The van der Waals surface area contributed by atoms with E-state index in [9.17, 15) is 0 Å². The zero-order valence-corrected chi connectivity index (χ0v) is 20.7. The molecule has 4 nitrogen and oxygen atoms in total. The van der Waals surface area contributed by atoms with Gasteiger partial charge in [-0.25, -0.2) is 0 Å². The number of hydrogen-bond acceptors (Lipinski definition) is 4. The van der Waals surface area contributed by atoms with Crippen LogP contribution < -0.4 is 0 Å². The van der Waals surface area contributed by atoms with Crippen molar-refractivity contribution < 1.29 is 13.9 Å². The highest BCUT2D eigenvalue weighted by Gasteiger charge is 2.66. The fourth-order valence-corrected chi connectivity index (χ4v) is 10.3. The Balaban J connectivity index is 1.18. The highest BCUT2D eigenvalue weighted by atomic mass is 16.5. The molecule has 5 bridgehead atoms. The van der Waals surface area contributed by atoms with Crippen molar-refractivity contribution in [3.05, 3.63) is 24.2 Å². The second kappa shape index (κ2) is 7.83. The molecule has 2 aliphatic heterocycles. The minimum atomic E-state index is 0.282. The lowest BCUT2D eigenvalue weighted by atomic mass is 9.43. The maximum absolute atomic E-state index is 7.22. The summed E-state index contributed by atoms with van der Waals surface area (Å²) in [5.74, 6) is 3.83. The Morgan fingerprint density at radius 2 is 1.94 bits per heavy atom. The number of likely N-dealkylation sites (tertiary alicyclic amines) is 1. The Kier molecular flexibility index (Phi) is 5.09. The highest BCUT2D eigenvalue weighted by Crippen LogP contribution is 2.71. The van der Waals surface area contributed by atoms with Crippen LogP contribution in [0.25, 0.3) is 0 Å². The number of nitrogens with zero attached hydrogens (tertiary/aromatic N) is 1. The molecule has 1 aromatic rings. The van der Waals surface area contributed by atoms with E-state index < -0.39 is 0 Å². The van der Waals surface area contributed by atoms with E-state index in [-0.39, 0.29) is 6.10 Å². The van der Waals surface area contributed by atoms with Gasteiger partial charge in [-0.15, -0.1) is 0 Å². The van der Waals surface area contributed by atoms with Crippen molar-refractivity contribution in [3.8, 4) is 0 Å². The van der Waals surface area contributed by atoms with E-state index in [1.54, 1.807) is 0 Å². The molecule has 0 N–H and O–H groups in total. The van der Waals surface area contributed by atoms with Crippen LogP contribution in [-0.2, 0) is 9.47 Å². The summed E-state index contributed by atoms with van der Waals surface area (Å²) < 4.78 is 19.5. The first-order valence-corrected chi connectivity index (χ1v) is 14.1. The van der Waals surface area contributed by atoms with Gasteiger partial charge in [-0.05, 0) is 123 Å². The summed E-state index contributed by atoms with van der Waals surface area (Å²) in [6.07, 6.45) is 16.8. The van der Waals surface area contributed by atoms with Gasteiger partial charge in [0.25, 0.3) is 0 Å². The molecule has 3 heterocycles. The topological polar surface area (TPSA) is 34.8 Å². The van der Waals surface area contributed by atoms with E-state index in [0.29, 0.717) is 34.9 Å². The van der Waals surface area contributed by atoms with Crippen molar-refractivity contribution >= 4 is 0 Å². The average Bonchev–Trinajstić information content (AvgIpc) is 3.55. The lowest BCUT2D eigenvalue weighted by Crippen LogP contribution is -2.61. The van der Waals surface area contributed by atoms with E-state index in [2.05, 4.69) is 24.8 Å². The summed E-state index contributed by atoms with van der Waals surface area (Å²) in [7, 11) is 0. The second-order valence-corrected chi connectivity index (χ2v) is 13.1. The van der Waals surface area contributed by atoms with E-state index in [1.165, 1.54) is 76.4 Å². The molecule has 182 valence electrons. The Bertz CT molecular complexity index is 849. The molecular weight excluding hydrogens is 410 g/mol. The van der Waals surface area contributed by atoms with Crippen molar-refractivity contribution in [2.45, 2.75) is 95.9 Å². The smallest absolute Gasteiger partial charge is 0.0937 e. The van der Waals surface area contributed by atoms with Gasteiger partial charge in [0.1, 0.15) is 0 Å². The molecule has 6 aliphatic rings. The van der Waals surface area contributed by atoms with Crippen LogP contribution >= 0.6 is 0 Å². The SMILES string of the molecule is C[C@@]12CC3OC4CC(c5ccoc5)[C@@]5(C)CC[C@@H]1[C@@H](CCC2CC3OCCN1CCCC1)[C@H]45. The number of hydrogen-bond donors (Lipinski definition) is 0. The third-order valence-electron chi connectivity index (χ3n) is 11.8. The summed E-state index contributed by atoms with van der Waals surface area (Å²) in [6.45, 7) is 9.75. The molecule has 10 atom stereocenters. The van der Waals surface area contributed by atoms with Gasteiger partial charge in [-0.2, -0.15) is 0 Å². The second-order valence-electron chi connectivity index (χ2n) is 13.1. The van der Waals surface area contributed by atoms with E-state index >= 15 is 0 Å². The molecule has 0 aromatic carbocycles. The van der Waals surface area contributed by atoms with Crippen LogP contribution in [0.2, 0.25) is 0 Å². The standard InChI is InChI=1S/C29H43NO3/c1-28-9-7-22-21-6-5-20-15-24(32-14-12-30-10-3-4-11-30)26(17-29(20,22)2)33-25(27(21)28)16-23(28)19-8-13-31-18-19/h8,13,18,20-27H,3-7,9-12,14-17H2,1-2H3/t20?,21-,22-,23?,24?,25?,26?,27-,28-,29+/m1/s1. The number of fused-ring (bicyclic) bond motifs is 1. The largest absolute Gasteiger partial charge is 0.472 e. The molecule has 0 amide bonds. The Morgan fingerprint density at radius 1 is 1.06 bits per heavy atom. The molecule has 2 saturated heterocycles. The van der Waals surface area contributed by atoms with E-state index in [1.807, 2.05) is 12.5 Å². The van der Waals surface area contributed by atoms with Gasteiger partial charge < -0.3 is 18.8 Å². The average molecular weight is 454 g/mol. The third-order valence-corrected chi connectivity index (χ3v) is 11.8. The van der Waals surface area contributed by atoms with Crippen LogP contribution in [0.3, 0.4) is 0 Å². The van der Waals surface area contributed by atoms with Crippen LogP contribution in [0.15, 0.2) is 23.0 Å². The molecule has 4 aliphatic carbocycles. The van der Waals surface area contributed by atoms with E-state index in [4.69, 9.17) is 13.9 Å². The summed E-state index contributed by atoms with van der Waals surface area (Å²) in [5.41, 5.74) is 2.20. The molecule has 4 saturated carbocycles. The molecular formula is C29H43NO3. The van der Waals surface area contributed by atoms with Gasteiger partial charge in [0.05, 0.1) is 37.4 Å². The fraction of sp³-hybridized carbons (Fsp3) is 0.862. The quantitative estimate of drug-likeness (QED) is 0.558. The van der Waals surface area contributed by atoms with Gasteiger partial charge in [0, 0.05) is 6.54 Å². The van der Waals surface area contributed by atoms with E-state index in [0.717, 1.165) is 30.9 Å². The number of furan rings is 1. The van der Waals surface area contributed by atoms with Crippen LogP contribution in [0.4, 0.5) is 0 Å². The maximum atomic E-state index is 7.22. The Morgan fingerprint density at radius 3 is 2.76 bits per heavy atom. The normalized spacial score (nSPS) is 51.0. The van der Waals surface area contributed by atoms with Gasteiger partial charge in [0.15, 0.2) is 0 Å². The van der Waals surface area contributed by atoms with Crippen molar-refractivity contribution in [1.82, 2.24) is 4.90 Å². The molecule has 0 radical (unpaired) electrons. The zero-order valence-electron chi connectivity index (χ0n) is 20.7. The first-order chi connectivity index (χ1) is 16.1. The summed E-state index contributed by atoms with van der Waals surface area (Å²) in [4.78, 5) is 2.58. The van der Waals surface area contributed by atoms with Crippen LogP contribution in [0.1, 0.15) is 83.1 Å². The monoisotopic (exact) mass is 453 g/mol. The summed E-state index contributed by atoms with van der Waals surface area (Å²) in [6, 6.07) is 2.22. The summed E-state index contributed by atoms with van der Waals surface area (Å²) >= 11 is 0. The molecule has 6 fully saturated rings. The van der Waals surface area contributed by atoms with Crippen molar-refractivity contribution in [1.29, 1.82) is 0 Å². The molecule has 4 heteroatoms. The van der Waals surface area contributed by atoms with Crippen LogP contribution in [0, 0.1) is 34.5 Å². The molecule has 1 aromatic heterocycles. The van der Waals surface area contributed by atoms with Crippen molar-refractivity contribution in [2.24, 2.45) is 34.5 Å². The third kappa shape index (κ3) is 3.19. The number of ether oxygens (including phenoxy) is 2. The zero-order chi connectivity index (χ0) is 22.2. The lowest BCUT2D eigenvalue weighted by molar-refractivity contribution is -0.235. The maximum Gasteiger partial charge on any atom is 0.0937 e. The fourth-order valence-electron chi connectivity index (χ4n) is 10.3. The minimum Gasteiger partial charge on any atom is -0.472 e. The van der Waals surface area contributed by atoms with Crippen molar-refractivity contribution in [3.63, 3.8) is 0 Å². The Labute approximate surface area is 199 Å². The first kappa shape index (κ1) is 21.4. The van der Waals surface area contributed by atoms with Gasteiger partial charge in [-0.1, -0.05) is 13.8 Å². The molecule has 7 rings (SSSR count). The molecule has 0 spiro atoms. The van der Waals surface area contributed by atoms with Crippen LogP contribution in [0.5, 0.6) is 0 Å². The van der Waals surface area contributed by atoms with Crippen molar-refractivity contribution in [2.75, 3.05) is 26.2 Å². The van der Waals surface area contributed by atoms with Gasteiger partial charge >= 0.3 is 0 Å². The first-order valence-electron chi connectivity index (χ1n) is 14.1. The predicted molar refractivity (Wildman–Crippen MR) is 128 cm³/mol. The summed E-state index contributed by atoms with van der Waals surface area (Å²) in [5, 5.41) is 0. The lowest BCUT2D eigenvalue weighted by Gasteiger charge is -2.64. The van der Waals surface area contributed by atoms with Gasteiger partial charge in [-0.3, -0.25) is 0 Å².